The van der Waals surface area contributed by atoms with E-state index in [1.807, 2.05) is 11.0 Å². The maximum Gasteiger partial charge on any atom is 0.255 e. The van der Waals surface area contributed by atoms with Crippen LogP contribution in [0.5, 0.6) is 0 Å². The predicted molar refractivity (Wildman–Crippen MR) is 125 cm³/mol. The minimum atomic E-state index is -3.63. The van der Waals surface area contributed by atoms with Gasteiger partial charge in [0.15, 0.2) is 15.6 Å². The third kappa shape index (κ3) is 5.00. The number of allylic oxidation sites excluding steroid dienone is 1. The molecule has 0 spiro atoms. The molecular weight excluding hydrogens is 443 g/mol. The molecule has 0 atom stereocenters. The first-order chi connectivity index (χ1) is 15.8. The van der Waals surface area contributed by atoms with Crippen LogP contribution in [0.4, 0.5) is 10.1 Å². The SMILES string of the molecule is CC(=O)c1ccc(N2CCN(C(=O)c3ccccc3S(=O)(=O)CC3=CCCC3)CC2)c(F)c1. The zero-order chi connectivity index (χ0) is 23.6. The van der Waals surface area contributed by atoms with Crippen LogP contribution in [-0.4, -0.2) is 56.9 Å². The summed E-state index contributed by atoms with van der Waals surface area (Å²) in [5, 5.41) is 0. The van der Waals surface area contributed by atoms with Gasteiger partial charge in [0.25, 0.3) is 5.91 Å². The van der Waals surface area contributed by atoms with Gasteiger partial charge in [-0.3, -0.25) is 9.59 Å². The quantitative estimate of drug-likeness (QED) is 0.473. The van der Waals surface area contributed by atoms with Crippen molar-refractivity contribution in [3.8, 4) is 0 Å². The molecule has 1 aliphatic carbocycles. The summed E-state index contributed by atoms with van der Waals surface area (Å²) in [6, 6.07) is 10.8. The highest BCUT2D eigenvalue weighted by atomic mass is 32.2. The van der Waals surface area contributed by atoms with E-state index in [9.17, 15) is 22.4 Å². The number of benzene rings is 2. The van der Waals surface area contributed by atoms with Gasteiger partial charge in [0, 0.05) is 31.7 Å². The number of rotatable bonds is 6. The predicted octanol–water partition coefficient (Wildman–Crippen LogP) is 3.87. The molecule has 33 heavy (non-hydrogen) atoms. The maximum atomic E-state index is 14.5. The molecule has 1 heterocycles. The van der Waals surface area contributed by atoms with Crippen LogP contribution in [0.15, 0.2) is 59.0 Å². The molecule has 0 unspecified atom stereocenters. The number of halogens is 1. The van der Waals surface area contributed by atoms with Crippen molar-refractivity contribution >= 4 is 27.2 Å². The second-order valence-electron chi connectivity index (χ2n) is 8.51. The third-order valence-electron chi connectivity index (χ3n) is 6.22. The van der Waals surface area contributed by atoms with E-state index in [0.29, 0.717) is 37.4 Å². The molecule has 0 N–H and O–H groups in total. The molecule has 0 aromatic heterocycles. The number of ketones is 1. The Balaban J connectivity index is 1.48. The molecule has 0 saturated carbocycles. The Morgan fingerprint density at radius 1 is 1.03 bits per heavy atom. The van der Waals surface area contributed by atoms with Crippen molar-refractivity contribution in [1.82, 2.24) is 4.90 Å². The normalized spacial score (nSPS) is 16.6. The van der Waals surface area contributed by atoms with Crippen LogP contribution in [0.25, 0.3) is 0 Å². The maximum absolute atomic E-state index is 14.5. The summed E-state index contributed by atoms with van der Waals surface area (Å²) in [4.78, 5) is 28.2. The smallest absolute Gasteiger partial charge is 0.255 e. The zero-order valence-corrected chi connectivity index (χ0v) is 19.4. The Kier molecular flexibility index (Phi) is 6.65. The third-order valence-corrected chi connectivity index (χ3v) is 8.00. The van der Waals surface area contributed by atoms with Crippen molar-refractivity contribution in [2.45, 2.75) is 31.1 Å². The van der Waals surface area contributed by atoms with E-state index in [-0.39, 0.29) is 27.9 Å². The summed E-state index contributed by atoms with van der Waals surface area (Å²) in [5.74, 6) is -1.06. The van der Waals surface area contributed by atoms with Gasteiger partial charge in [0.2, 0.25) is 0 Å². The molecular formula is C25H27FN2O4S. The number of piperazine rings is 1. The Morgan fingerprint density at radius 3 is 2.39 bits per heavy atom. The van der Waals surface area contributed by atoms with E-state index >= 15 is 0 Å². The van der Waals surface area contributed by atoms with E-state index in [1.54, 1.807) is 35.2 Å². The first kappa shape index (κ1) is 23.2. The molecule has 174 valence electrons. The molecule has 2 aromatic carbocycles. The molecule has 2 aliphatic rings. The number of carbonyl (C=O) groups excluding carboxylic acids is 2. The summed E-state index contributed by atoms with van der Waals surface area (Å²) in [7, 11) is -3.63. The number of sulfone groups is 1. The van der Waals surface area contributed by atoms with Crippen LogP contribution in [0.1, 0.15) is 46.9 Å². The fourth-order valence-corrected chi connectivity index (χ4v) is 6.09. The lowest BCUT2D eigenvalue weighted by molar-refractivity contribution is 0.0742. The number of amides is 1. The largest absolute Gasteiger partial charge is 0.366 e. The molecule has 8 heteroatoms. The lowest BCUT2D eigenvalue weighted by atomic mass is 10.1. The van der Waals surface area contributed by atoms with E-state index in [4.69, 9.17) is 0 Å². The van der Waals surface area contributed by atoms with Crippen molar-refractivity contribution in [2.75, 3.05) is 36.8 Å². The number of hydrogen-bond acceptors (Lipinski definition) is 5. The molecule has 1 fully saturated rings. The van der Waals surface area contributed by atoms with Crippen molar-refractivity contribution in [1.29, 1.82) is 0 Å². The lowest BCUT2D eigenvalue weighted by Crippen LogP contribution is -2.49. The van der Waals surface area contributed by atoms with Crippen LogP contribution >= 0.6 is 0 Å². The van der Waals surface area contributed by atoms with Crippen LogP contribution in [0.2, 0.25) is 0 Å². The monoisotopic (exact) mass is 470 g/mol. The highest BCUT2D eigenvalue weighted by molar-refractivity contribution is 7.91. The Hall–Kier alpha value is -3.00. The number of nitrogens with zero attached hydrogens (tertiary/aromatic N) is 2. The summed E-state index contributed by atoms with van der Waals surface area (Å²) in [6.45, 7) is 2.88. The lowest BCUT2D eigenvalue weighted by Gasteiger charge is -2.36. The molecule has 6 nitrogen and oxygen atoms in total. The van der Waals surface area contributed by atoms with Crippen LogP contribution < -0.4 is 4.90 Å². The van der Waals surface area contributed by atoms with Gasteiger partial charge < -0.3 is 9.80 Å². The van der Waals surface area contributed by atoms with E-state index in [0.717, 1.165) is 24.8 Å². The molecule has 1 aliphatic heterocycles. The minimum Gasteiger partial charge on any atom is -0.366 e. The Bertz CT molecular complexity index is 1210. The molecule has 2 aromatic rings. The summed E-state index contributed by atoms with van der Waals surface area (Å²) in [5.41, 5.74) is 1.79. The van der Waals surface area contributed by atoms with Crippen LogP contribution in [0.3, 0.4) is 0 Å². The van der Waals surface area contributed by atoms with Gasteiger partial charge in [-0.1, -0.05) is 23.8 Å². The van der Waals surface area contributed by atoms with Gasteiger partial charge in [-0.25, -0.2) is 12.8 Å². The standard InChI is InChI=1S/C25H27FN2O4S/c1-18(29)20-10-11-23(22(26)16-20)27-12-14-28(15-13-27)25(30)21-8-4-5-9-24(21)33(31,32)17-19-6-2-3-7-19/h4-6,8-11,16H,2-3,7,12-15,17H2,1H3. The van der Waals surface area contributed by atoms with Gasteiger partial charge in [0.1, 0.15) is 5.82 Å². The van der Waals surface area contributed by atoms with Crippen molar-refractivity contribution in [3.63, 3.8) is 0 Å². The van der Waals surface area contributed by atoms with Crippen LogP contribution in [-0.2, 0) is 9.84 Å². The average molecular weight is 471 g/mol. The number of hydrogen-bond donors (Lipinski definition) is 0. The molecule has 0 radical (unpaired) electrons. The zero-order valence-electron chi connectivity index (χ0n) is 18.6. The van der Waals surface area contributed by atoms with Crippen LogP contribution in [0, 0.1) is 5.82 Å². The van der Waals surface area contributed by atoms with Crippen molar-refractivity contribution in [2.24, 2.45) is 0 Å². The molecule has 0 bridgehead atoms. The molecule has 4 rings (SSSR count). The average Bonchev–Trinajstić information content (AvgIpc) is 3.31. The highest BCUT2D eigenvalue weighted by Crippen LogP contribution is 2.27. The van der Waals surface area contributed by atoms with Gasteiger partial charge in [-0.05, 0) is 56.5 Å². The number of anilines is 1. The fourth-order valence-electron chi connectivity index (χ4n) is 4.41. The second kappa shape index (κ2) is 9.47. The minimum absolute atomic E-state index is 0.0550. The first-order valence-electron chi connectivity index (χ1n) is 11.1. The molecule has 1 amide bonds. The van der Waals surface area contributed by atoms with Gasteiger partial charge in [-0.2, -0.15) is 0 Å². The fraction of sp³-hybridized carbons (Fsp3) is 0.360. The Labute approximate surface area is 193 Å². The van der Waals surface area contributed by atoms with Gasteiger partial charge >= 0.3 is 0 Å². The Morgan fingerprint density at radius 2 is 1.76 bits per heavy atom. The van der Waals surface area contributed by atoms with E-state index < -0.39 is 15.7 Å². The number of Topliss-reactive ketones (excluding diaryl/α,β-unsaturated/α-hetero) is 1. The van der Waals surface area contributed by atoms with Crippen molar-refractivity contribution in [3.05, 3.63) is 71.1 Å². The topological polar surface area (TPSA) is 74.8 Å². The van der Waals surface area contributed by atoms with Crippen molar-refractivity contribution < 1.29 is 22.4 Å². The van der Waals surface area contributed by atoms with E-state index in [2.05, 4.69) is 0 Å². The first-order valence-corrected chi connectivity index (χ1v) is 12.8. The summed E-state index contributed by atoms with van der Waals surface area (Å²) < 4.78 is 40.6. The van der Waals surface area contributed by atoms with Gasteiger partial charge in [-0.15, -0.1) is 0 Å². The number of carbonyl (C=O) groups is 2. The molecule has 1 saturated heterocycles. The summed E-state index contributed by atoms with van der Waals surface area (Å²) in [6.07, 6.45) is 4.62. The highest BCUT2D eigenvalue weighted by Gasteiger charge is 2.29. The van der Waals surface area contributed by atoms with E-state index in [1.165, 1.54) is 19.1 Å². The second-order valence-corrected chi connectivity index (χ2v) is 10.5. The summed E-state index contributed by atoms with van der Waals surface area (Å²) >= 11 is 0. The van der Waals surface area contributed by atoms with Gasteiger partial charge in [0.05, 0.1) is 21.9 Å².